The normalized spacial score (nSPS) is 22.9. The summed E-state index contributed by atoms with van der Waals surface area (Å²) in [6.45, 7) is 11.0. The number of aromatic hydroxyl groups is 1. The van der Waals surface area contributed by atoms with E-state index in [2.05, 4.69) is 29.0 Å². The Morgan fingerprint density at radius 1 is 1.27 bits per heavy atom. The summed E-state index contributed by atoms with van der Waals surface area (Å²) in [4.78, 5) is 6.84. The lowest BCUT2D eigenvalue weighted by atomic mass is 10.2. The van der Waals surface area contributed by atoms with Crippen molar-refractivity contribution in [2.24, 2.45) is 0 Å². The minimum absolute atomic E-state index is 0.273. The van der Waals surface area contributed by atoms with Crippen molar-refractivity contribution in [2.75, 3.05) is 26.2 Å². The maximum atomic E-state index is 9.74. The van der Waals surface area contributed by atoms with Crippen molar-refractivity contribution in [3.63, 3.8) is 0 Å². The number of aromatic nitrogens is 1. The van der Waals surface area contributed by atoms with Crippen LogP contribution in [0.15, 0.2) is 12.1 Å². The minimum Gasteiger partial charge on any atom is -0.506 e. The van der Waals surface area contributed by atoms with E-state index in [-0.39, 0.29) is 5.75 Å². The molecule has 1 fully saturated rings. The van der Waals surface area contributed by atoms with Crippen LogP contribution in [0.25, 0.3) is 0 Å². The Morgan fingerprint density at radius 3 is 2.73 bits per heavy atom. The van der Waals surface area contributed by atoms with E-state index in [1.165, 1.54) is 6.42 Å². The molecule has 1 aromatic heterocycles. The zero-order valence-corrected chi connectivity index (χ0v) is 14.0. The van der Waals surface area contributed by atoms with E-state index in [0.29, 0.717) is 18.8 Å². The summed E-state index contributed by atoms with van der Waals surface area (Å²) < 4.78 is 5.75. The number of pyridine rings is 1. The Kier molecular flexibility index (Phi) is 6.61. The van der Waals surface area contributed by atoms with Gasteiger partial charge in [-0.1, -0.05) is 0 Å². The van der Waals surface area contributed by atoms with Gasteiger partial charge in [0.05, 0.1) is 17.9 Å². The first-order valence-electron chi connectivity index (χ1n) is 8.28. The van der Waals surface area contributed by atoms with E-state index in [4.69, 9.17) is 4.74 Å². The highest BCUT2D eigenvalue weighted by Crippen LogP contribution is 2.14. The van der Waals surface area contributed by atoms with Crippen molar-refractivity contribution in [3.05, 3.63) is 23.5 Å². The van der Waals surface area contributed by atoms with Gasteiger partial charge >= 0.3 is 0 Å². The van der Waals surface area contributed by atoms with Crippen molar-refractivity contribution in [1.82, 2.24) is 15.2 Å². The molecule has 2 heterocycles. The predicted molar refractivity (Wildman–Crippen MR) is 88.0 cm³/mol. The third-order valence-electron chi connectivity index (χ3n) is 3.95. The summed E-state index contributed by atoms with van der Waals surface area (Å²) in [6.07, 6.45) is 3.00. The number of aryl methyl sites for hydroxylation is 1. The van der Waals surface area contributed by atoms with Crippen LogP contribution in [0.1, 0.15) is 38.1 Å². The molecule has 1 aliphatic heterocycles. The van der Waals surface area contributed by atoms with Gasteiger partial charge in [-0.15, -0.1) is 0 Å². The zero-order chi connectivity index (χ0) is 15.9. The standard InChI is InChI=1S/C17H29N3O2/c1-13-6-7-17(21)16(19-13)10-18-8-4-5-9-20-11-14(2)22-15(3)12-20/h6-7,14-15,18,21H,4-5,8-12H2,1-3H3. The smallest absolute Gasteiger partial charge is 0.138 e. The van der Waals surface area contributed by atoms with Gasteiger partial charge in [-0.25, -0.2) is 0 Å². The Morgan fingerprint density at radius 2 is 2.00 bits per heavy atom. The molecular weight excluding hydrogens is 278 g/mol. The lowest BCUT2D eigenvalue weighted by molar-refractivity contribution is -0.0681. The molecule has 1 aromatic rings. The first-order chi connectivity index (χ1) is 10.5. The van der Waals surface area contributed by atoms with E-state index in [1.54, 1.807) is 6.07 Å². The molecule has 0 spiro atoms. The molecule has 1 aliphatic rings. The molecule has 5 nitrogen and oxygen atoms in total. The Balaban J connectivity index is 1.58. The highest BCUT2D eigenvalue weighted by molar-refractivity contribution is 5.27. The average Bonchev–Trinajstić information content (AvgIpc) is 2.45. The van der Waals surface area contributed by atoms with Gasteiger partial charge in [0.1, 0.15) is 5.75 Å². The van der Waals surface area contributed by atoms with Crippen LogP contribution in [-0.4, -0.2) is 53.4 Å². The molecule has 1 saturated heterocycles. The molecule has 0 aliphatic carbocycles. The zero-order valence-electron chi connectivity index (χ0n) is 14.0. The van der Waals surface area contributed by atoms with Gasteiger partial charge < -0.3 is 15.2 Å². The van der Waals surface area contributed by atoms with Crippen molar-refractivity contribution < 1.29 is 9.84 Å². The van der Waals surface area contributed by atoms with E-state index in [1.807, 2.05) is 13.0 Å². The second-order valence-corrected chi connectivity index (χ2v) is 6.32. The van der Waals surface area contributed by atoms with Gasteiger partial charge in [0.2, 0.25) is 0 Å². The molecule has 22 heavy (non-hydrogen) atoms. The van der Waals surface area contributed by atoms with Crippen molar-refractivity contribution in [2.45, 2.75) is 52.4 Å². The number of rotatable bonds is 7. The third kappa shape index (κ3) is 5.55. The fourth-order valence-corrected chi connectivity index (χ4v) is 2.99. The molecule has 2 atom stereocenters. The van der Waals surface area contributed by atoms with Crippen LogP contribution in [0.4, 0.5) is 0 Å². The first-order valence-corrected chi connectivity index (χ1v) is 8.28. The van der Waals surface area contributed by atoms with Crippen LogP contribution in [0.2, 0.25) is 0 Å². The number of nitrogens with zero attached hydrogens (tertiary/aromatic N) is 2. The quantitative estimate of drug-likeness (QED) is 0.755. The van der Waals surface area contributed by atoms with Crippen molar-refractivity contribution >= 4 is 0 Å². The van der Waals surface area contributed by atoms with Gasteiger partial charge in [-0.05, 0) is 58.8 Å². The average molecular weight is 307 g/mol. The Labute approximate surface area is 133 Å². The molecular formula is C17H29N3O2. The monoisotopic (exact) mass is 307 g/mol. The molecule has 2 rings (SSSR count). The number of morpholine rings is 1. The fourth-order valence-electron chi connectivity index (χ4n) is 2.99. The third-order valence-corrected chi connectivity index (χ3v) is 3.95. The molecule has 0 saturated carbocycles. The highest BCUT2D eigenvalue weighted by Gasteiger charge is 2.21. The van der Waals surface area contributed by atoms with Crippen LogP contribution >= 0.6 is 0 Å². The number of ether oxygens (including phenoxy) is 1. The van der Waals surface area contributed by atoms with E-state index in [9.17, 15) is 5.11 Å². The van der Waals surface area contributed by atoms with Crippen molar-refractivity contribution in [1.29, 1.82) is 0 Å². The molecule has 2 N–H and O–H groups in total. The van der Waals surface area contributed by atoms with Gasteiger partial charge in [0.15, 0.2) is 0 Å². The second-order valence-electron chi connectivity index (χ2n) is 6.32. The van der Waals surface area contributed by atoms with Crippen LogP contribution in [0, 0.1) is 6.92 Å². The highest BCUT2D eigenvalue weighted by atomic mass is 16.5. The molecule has 0 amide bonds. The van der Waals surface area contributed by atoms with Crippen LogP contribution < -0.4 is 5.32 Å². The SMILES string of the molecule is Cc1ccc(O)c(CNCCCCN2CC(C)OC(C)C2)n1. The molecule has 0 bridgehead atoms. The Hall–Kier alpha value is -1.17. The number of hydrogen-bond acceptors (Lipinski definition) is 5. The summed E-state index contributed by atoms with van der Waals surface area (Å²) in [6, 6.07) is 3.53. The lowest BCUT2D eigenvalue weighted by Crippen LogP contribution is -2.45. The second kappa shape index (κ2) is 8.46. The minimum atomic E-state index is 0.273. The number of hydrogen-bond donors (Lipinski definition) is 2. The van der Waals surface area contributed by atoms with Gasteiger partial charge in [-0.2, -0.15) is 0 Å². The molecule has 5 heteroatoms. The van der Waals surface area contributed by atoms with Gasteiger partial charge in [0.25, 0.3) is 0 Å². The molecule has 0 aromatic carbocycles. The van der Waals surface area contributed by atoms with Crippen molar-refractivity contribution in [3.8, 4) is 5.75 Å². The van der Waals surface area contributed by atoms with Crippen LogP contribution in [0.5, 0.6) is 5.75 Å². The van der Waals surface area contributed by atoms with Crippen LogP contribution in [-0.2, 0) is 11.3 Å². The van der Waals surface area contributed by atoms with Gasteiger partial charge in [-0.3, -0.25) is 9.88 Å². The lowest BCUT2D eigenvalue weighted by Gasteiger charge is -2.35. The van der Waals surface area contributed by atoms with Gasteiger partial charge in [0, 0.05) is 25.3 Å². The molecule has 2 unspecified atom stereocenters. The largest absolute Gasteiger partial charge is 0.506 e. The maximum Gasteiger partial charge on any atom is 0.138 e. The maximum absolute atomic E-state index is 9.74. The van der Waals surface area contributed by atoms with E-state index < -0.39 is 0 Å². The number of unbranched alkanes of at least 4 members (excludes halogenated alkanes) is 1. The summed E-state index contributed by atoms with van der Waals surface area (Å²) in [5.41, 5.74) is 1.67. The fraction of sp³-hybridized carbons (Fsp3) is 0.706. The summed E-state index contributed by atoms with van der Waals surface area (Å²) in [7, 11) is 0. The van der Waals surface area contributed by atoms with E-state index >= 15 is 0 Å². The Bertz CT molecular complexity index is 457. The first kappa shape index (κ1) is 17.2. The summed E-state index contributed by atoms with van der Waals surface area (Å²) in [5.74, 6) is 0.273. The summed E-state index contributed by atoms with van der Waals surface area (Å²) >= 11 is 0. The predicted octanol–water partition coefficient (Wildman–Crippen LogP) is 2.07. The van der Waals surface area contributed by atoms with Crippen LogP contribution in [0.3, 0.4) is 0 Å². The molecule has 0 radical (unpaired) electrons. The molecule has 124 valence electrons. The number of nitrogens with one attached hydrogen (secondary N) is 1. The topological polar surface area (TPSA) is 57.6 Å². The summed E-state index contributed by atoms with van der Waals surface area (Å²) in [5, 5.41) is 13.1. The van der Waals surface area contributed by atoms with E-state index in [0.717, 1.165) is 44.0 Å².